The highest BCUT2D eigenvalue weighted by molar-refractivity contribution is 7.89. The lowest BCUT2D eigenvalue weighted by molar-refractivity contribution is 0.545. The Morgan fingerprint density at radius 2 is 1.62 bits per heavy atom. The van der Waals surface area contributed by atoms with Crippen molar-refractivity contribution in [1.82, 2.24) is 4.72 Å². The SMILES string of the molecule is O=S(=O)(NCc1ccc(CCl)cc1)c1cc(F)ccc1F. The Hall–Kier alpha value is -1.50. The summed E-state index contributed by atoms with van der Waals surface area (Å²) in [6.45, 7) is -0.0269. The zero-order valence-corrected chi connectivity index (χ0v) is 12.4. The second kappa shape index (κ2) is 6.51. The molecule has 21 heavy (non-hydrogen) atoms. The average molecular weight is 332 g/mol. The largest absolute Gasteiger partial charge is 0.243 e. The van der Waals surface area contributed by atoms with Gasteiger partial charge in [0.1, 0.15) is 16.5 Å². The van der Waals surface area contributed by atoms with Crippen molar-refractivity contribution in [1.29, 1.82) is 0 Å². The van der Waals surface area contributed by atoms with Crippen LogP contribution in [0, 0.1) is 11.6 Å². The Kier molecular flexibility index (Phi) is 4.92. The third kappa shape index (κ3) is 4.00. The molecular formula is C14H12ClF2NO2S. The molecule has 0 spiro atoms. The van der Waals surface area contributed by atoms with Crippen LogP contribution in [0.15, 0.2) is 47.4 Å². The number of nitrogens with one attached hydrogen (secondary N) is 1. The average Bonchev–Trinajstić information content (AvgIpc) is 2.48. The first kappa shape index (κ1) is 15.9. The smallest absolute Gasteiger partial charge is 0.207 e. The van der Waals surface area contributed by atoms with Gasteiger partial charge in [-0.2, -0.15) is 0 Å². The van der Waals surface area contributed by atoms with E-state index in [1.165, 1.54) is 0 Å². The zero-order valence-electron chi connectivity index (χ0n) is 10.8. The fraction of sp³-hybridized carbons (Fsp3) is 0.143. The summed E-state index contributed by atoms with van der Waals surface area (Å²) in [4.78, 5) is -0.708. The molecule has 0 bridgehead atoms. The maximum atomic E-state index is 13.5. The molecule has 0 aliphatic heterocycles. The molecule has 2 aromatic rings. The molecule has 0 radical (unpaired) electrons. The molecule has 3 nitrogen and oxygen atoms in total. The van der Waals surface area contributed by atoms with E-state index in [1.807, 2.05) is 0 Å². The van der Waals surface area contributed by atoms with Crippen molar-refractivity contribution < 1.29 is 17.2 Å². The summed E-state index contributed by atoms with van der Waals surface area (Å²) in [5.41, 5.74) is 1.59. The van der Waals surface area contributed by atoms with E-state index in [2.05, 4.69) is 4.72 Å². The van der Waals surface area contributed by atoms with Crippen LogP contribution in [0.5, 0.6) is 0 Å². The molecule has 0 aliphatic rings. The third-order valence-corrected chi connectivity index (χ3v) is 4.55. The van der Waals surface area contributed by atoms with Crippen LogP contribution in [0.2, 0.25) is 0 Å². The van der Waals surface area contributed by atoms with E-state index >= 15 is 0 Å². The van der Waals surface area contributed by atoms with Crippen LogP contribution in [0.3, 0.4) is 0 Å². The lowest BCUT2D eigenvalue weighted by Gasteiger charge is -2.08. The standard InChI is InChI=1S/C14H12ClF2NO2S/c15-8-10-1-3-11(4-2-10)9-18-21(19,20)14-7-12(16)5-6-13(14)17/h1-7,18H,8-9H2. The summed E-state index contributed by atoms with van der Waals surface area (Å²) in [6.07, 6.45) is 0. The Morgan fingerprint density at radius 3 is 2.24 bits per heavy atom. The van der Waals surface area contributed by atoms with Gasteiger partial charge in [0.05, 0.1) is 0 Å². The highest BCUT2D eigenvalue weighted by Crippen LogP contribution is 2.16. The first-order valence-electron chi connectivity index (χ1n) is 6.01. The number of halogens is 3. The van der Waals surface area contributed by atoms with E-state index in [0.717, 1.165) is 17.7 Å². The van der Waals surface area contributed by atoms with Crippen molar-refractivity contribution in [2.24, 2.45) is 0 Å². The molecule has 0 saturated carbocycles. The van der Waals surface area contributed by atoms with Crippen LogP contribution < -0.4 is 4.72 Å². The highest BCUT2D eigenvalue weighted by Gasteiger charge is 2.19. The van der Waals surface area contributed by atoms with Crippen molar-refractivity contribution >= 4 is 21.6 Å². The lowest BCUT2D eigenvalue weighted by atomic mass is 10.1. The van der Waals surface area contributed by atoms with Gasteiger partial charge in [-0.15, -0.1) is 11.6 Å². The van der Waals surface area contributed by atoms with Crippen molar-refractivity contribution in [2.45, 2.75) is 17.3 Å². The first-order valence-corrected chi connectivity index (χ1v) is 8.02. The van der Waals surface area contributed by atoms with Gasteiger partial charge in [0.25, 0.3) is 0 Å². The molecular weight excluding hydrogens is 320 g/mol. The van der Waals surface area contributed by atoms with E-state index < -0.39 is 26.6 Å². The fourth-order valence-corrected chi connectivity index (χ4v) is 2.97. The van der Waals surface area contributed by atoms with Crippen LogP contribution in [-0.4, -0.2) is 8.42 Å². The Morgan fingerprint density at radius 1 is 1.00 bits per heavy atom. The second-order valence-electron chi connectivity index (χ2n) is 4.35. The van der Waals surface area contributed by atoms with Crippen LogP contribution in [0.4, 0.5) is 8.78 Å². The van der Waals surface area contributed by atoms with Crippen molar-refractivity contribution in [3.8, 4) is 0 Å². The fourth-order valence-electron chi connectivity index (χ4n) is 1.69. The molecule has 2 rings (SSSR count). The second-order valence-corrected chi connectivity index (χ2v) is 6.35. The van der Waals surface area contributed by atoms with E-state index in [9.17, 15) is 17.2 Å². The zero-order chi connectivity index (χ0) is 15.5. The number of alkyl halides is 1. The predicted molar refractivity (Wildman–Crippen MR) is 76.4 cm³/mol. The summed E-state index contributed by atoms with van der Waals surface area (Å²) in [5.74, 6) is -1.45. The summed E-state index contributed by atoms with van der Waals surface area (Å²) in [5, 5.41) is 0. The highest BCUT2D eigenvalue weighted by atomic mass is 35.5. The van der Waals surface area contributed by atoms with Gasteiger partial charge in [0, 0.05) is 12.4 Å². The Balaban J connectivity index is 2.15. The molecule has 112 valence electrons. The van der Waals surface area contributed by atoms with Gasteiger partial charge in [0.15, 0.2) is 0 Å². The van der Waals surface area contributed by atoms with Crippen molar-refractivity contribution in [3.63, 3.8) is 0 Å². The van der Waals surface area contributed by atoms with Crippen LogP contribution >= 0.6 is 11.6 Å². The minimum absolute atomic E-state index is 0.0269. The Labute approximate surface area is 126 Å². The van der Waals surface area contributed by atoms with Crippen molar-refractivity contribution in [2.75, 3.05) is 0 Å². The number of benzene rings is 2. The minimum atomic E-state index is -4.12. The maximum Gasteiger partial charge on any atom is 0.243 e. The van der Waals surface area contributed by atoms with Crippen LogP contribution in [0.25, 0.3) is 0 Å². The molecule has 7 heteroatoms. The molecule has 1 N–H and O–H groups in total. The maximum absolute atomic E-state index is 13.5. The van der Waals surface area contributed by atoms with Gasteiger partial charge in [-0.3, -0.25) is 0 Å². The monoisotopic (exact) mass is 331 g/mol. The number of hydrogen-bond acceptors (Lipinski definition) is 2. The predicted octanol–water partition coefficient (Wildman–Crippen LogP) is 3.18. The summed E-state index contributed by atoms with van der Waals surface area (Å²) < 4.78 is 52.7. The summed E-state index contributed by atoms with van der Waals surface area (Å²) >= 11 is 5.65. The van der Waals surface area contributed by atoms with Gasteiger partial charge in [-0.25, -0.2) is 21.9 Å². The molecule has 0 saturated heterocycles. The van der Waals surface area contributed by atoms with Crippen molar-refractivity contribution in [3.05, 3.63) is 65.2 Å². The topological polar surface area (TPSA) is 46.2 Å². The normalized spacial score (nSPS) is 11.6. The minimum Gasteiger partial charge on any atom is -0.207 e. The van der Waals surface area contributed by atoms with Gasteiger partial charge in [0.2, 0.25) is 10.0 Å². The molecule has 0 aliphatic carbocycles. The van der Waals surface area contributed by atoms with E-state index in [4.69, 9.17) is 11.6 Å². The molecule has 0 heterocycles. The number of hydrogen-bond donors (Lipinski definition) is 1. The number of rotatable bonds is 5. The quantitative estimate of drug-likeness (QED) is 0.855. The van der Waals surface area contributed by atoms with Crippen LogP contribution in [0.1, 0.15) is 11.1 Å². The van der Waals surface area contributed by atoms with E-state index in [1.54, 1.807) is 24.3 Å². The molecule has 2 aromatic carbocycles. The molecule has 0 unspecified atom stereocenters. The molecule has 0 atom stereocenters. The van der Waals surface area contributed by atoms with Gasteiger partial charge in [-0.1, -0.05) is 24.3 Å². The van der Waals surface area contributed by atoms with Gasteiger partial charge < -0.3 is 0 Å². The first-order chi connectivity index (χ1) is 9.92. The molecule has 0 fully saturated rings. The summed E-state index contributed by atoms with van der Waals surface area (Å²) in [7, 11) is -4.12. The number of sulfonamides is 1. The Bertz CT molecular complexity index is 733. The van der Waals surface area contributed by atoms with E-state index in [-0.39, 0.29) is 6.54 Å². The molecule has 0 aromatic heterocycles. The van der Waals surface area contributed by atoms with E-state index in [0.29, 0.717) is 17.5 Å². The van der Waals surface area contributed by atoms with Crippen LogP contribution in [-0.2, 0) is 22.4 Å². The lowest BCUT2D eigenvalue weighted by Crippen LogP contribution is -2.24. The summed E-state index contributed by atoms with van der Waals surface area (Å²) in [6, 6.07) is 9.23. The van der Waals surface area contributed by atoms with Gasteiger partial charge >= 0.3 is 0 Å². The van der Waals surface area contributed by atoms with Gasteiger partial charge in [-0.05, 0) is 29.3 Å². The molecule has 0 amide bonds. The third-order valence-electron chi connectivity index (χ3n) is 2.83.